The summed E-state index contributed by atoms with van der Waals surface area (Å²) in [7, 11) is 1.70. The zero-order valence-electron chi connectivity index (χ0n) is 12.6. The molecular formula is C16H26N4. The molecule has 0 spiro atoms. The number of nitrogens with two attached hydrogens (primary N) is 1. The van der Waals surface area contributed by atoms with E-state index < -0.39 is 0 Å². The number of nitrogens with one attached hydrogen (secondary N) is 1. The molecule has 20 heavy (non-hydrogen) atoms. The van der Waals surface area contributed by atoms with Crippen LogP contribution in [0.2, 0.25) is 0 Å². The highest BCUT2D eigenvalue weighted by molar-refractivity contribution is 5.77. The van der Waals surface area contributed by atoms with Crippen molar-refractivity contribution in [1.82, 2.24) is 10.2 Å². The van der Waals surface area contributed by atoms with E-state index in [0.717, 1.165) is 19.0 Å². The van der Waals surface area contributed by atoms with Gasteiger partial charge in [-0.2, -0.15) is 0 Å². The summed E-state index contributed by atoms with van der Waals surface area (Å²) in [4.78, 5) is 6.48. The average molecular weight is 274 g/mol. The first-order valence-electron chi connectivity index (χ1n) is 7.44. The number of piperidine rings is 1. The number of rotatable bonds is 4. The number of hydrogen-bond donors (Lipinski definition) is 2. The predicted octanol–water partition coefficient (Wildman–Crippen LogP) is 1.95. The summed E-state index contributed by atoms with van der Waals surface area (Å²) in [6.07, 6.45) is 2.63. The van der Waals surface area contributed by atoms with Crippen molar-refractivity contribution in [3.63, 3.8) is 0 Å². The Labute approximate surface area is 122 Å². The Morgan fingerprint density at radius 3 is 2.60 bits per heavy atom. The molecule has 0 saturated carbocycles. The normalized spacial score (nSPS) is 18.2. The molecule has 1 aromatic carbocycles. The van der Waals surface area contributed by atoms with Crippen molar-refractivity contribution >= 4 is 5.96 Å². The fourth-order valence-electron chi connectivity index (χ4n) is 2.61. The average Bonchev–Trinajstić information content (AvgIpc) is 2.48. The van der Waals surface area contributed by atoms with Gasteiger partial charge in [-0.05, 0) is 43.0 Å². The highest BCUT2D eigenvalue weighted by Gasteiger charge is 2.16. The van der Waals surface area contributed by atoms with Crippen LogP contribution in [0.25, 0.3) is 0 Å². The first kappa shape index (κ1) is 14.9. The molecule has 1 aliphatic rings. The van der Waals surface area contributed by atoms with Crippen LogP contribution in [0, 0.1) is 5.92 Å². The molecule has 1 aliphatic heterocycles. The molecule has 0 aliphatic carbocycles. The number of likely N-dealkylation sites (tertiary alicyclic amines) is 1. The largest absolute Gasteiger partial charge is 0.370 e. The van der Waals surface area contributed by atoms with E-state index in [1.54, 1.807) is 7.05 Å². The summed E-state index contributed by atoms with van der Waals surface area (Å²) in [5, 5.41) is 3.14. The van der Waals surface area contributed by atoms with E-state index in [9.17, 15) is 0 Å². The summed E-state index contributed by atoms with van der Waals surface area (Å²) in [6.45, 7) is 6.54. The maximum atomic E-state index is 5.70. The van der Waals surface area contributed by atoms with Gasteiger partial charge in [0.1, 0.15) is 0 Å². The van der Waals surface area contributed by atoms with E-state index in [-0.39, 0.29) is 0 Å². The van der Waals surface area contributed by atoms with E-state index in [2.05, 4.69) is 46.4 Å². The van der Waals surface area contributed by atoms with E-state index in [4.69, 9.17) is 5.73 Å². The van der Waals surface area contributed by atoms with Crippen molar-refractivity contribution in [2.45, 2.75) is 32.9 Å². The second-order valence-electron chi connectivity index (χ2n) is 5.69. The van der Waals surface area contributed by atoms with Gasteiger partial charge >= 0.3 is 0 Å². The Morgan fingerprint density at radius 2 is 1.95 bits per heavy atom. The summed E-state index contributed by atoms with van der Waals surface area (Å²) < 4.78 is 0. The number of guanidine groups is 1. The number of aliphatic imine (C=N–C) groups is 1. The number of benzene rings is 1. The predicted molar refractivity (Wildman–Crippen MR) is 84.5 cm³/mol. The van der Waals surface area contributed by atoms with Gasteiger partial charge in [0.15, 0.2) is 5.96 Å². The molecule has 1 saturated heterocycles. The molecule has 1 aromatic rings. The van der Waals surface area contributed by atoms with Crippen molar-refractivity contribution in [3.8, 4) is 0 Å². The van der Waals surface area contributed by atoms with Gasteiger partial charge in [0.05, 0.1) is 0 Å². The molecule has 0 bridgehead atoms. The molecule has 0 aromatic heterocycles. The van der Waals surface area contributed by atoms with Crippen LogP contribution in [-0.2, 0) is 13.1 Å². The van der Waals surface area contributed by atoms with Gasteiger partial charge in [0, 0.05) is 20.1 Å². The molecule has 0 atom stereocenters. The lowest BCUT2D eigenvalue weighted by molar-refractivity contribution is 0.185. The van der Waals surface area contributed by atoms with E-state index in [0.29, 0.717) is 5.96 Å². The Balaban J connectivity index is 1.97. The van der Waals surface area contributed by atoms with Gasteiger partial charge in [-0.25, -0.2) is 0 Å². The van der Waals surface area contributed by atoms with Crippen molar-refractivity contribution in [2.24, 2.45) is 16.6 Å². The Kier molecular flexibility index (Phi) is 5.41. The molecule has 1 fully saturated rings. The standard InChI is InChI=1S/C16H26N4/c1-13-7-9-20(10-8-13)12-15-6-4-3-5-14(15)11-19-16(17)18-2/h3-6,13H,7-12H2,1-2H3,(H3,17,18,19). The monoisotopic (exact) mass is 274 g/mol. The van der Waals surface area contributed by atoms with Gasteiger partial charge in [-0.15, -0.1) is 0 Å². The summed E-state index contributed by atoms with van der Waals surface area (Å²) >= 11 is 0. The topological polar surface area (TPSA) is 53.6 Å². The summed E-state index contributed by atoms with van der Waals surface area (Å²) in [6, 6.07) is 8.58. The molecule has 3 N–H and O–H groups in total. The fourth-order valence-corrected chi connectivity index (χ4v) is 2.61. The van der Waals surface area contributed by atoms with Crippen LogP contribution < -0.4 is 11.1 Å². The molecule has 0 unspecified atom stereocenters. The van der Waals surface area contributed by atoms with Crippen LogP contribution >= 0.6 is 0 Å². The zero-order chi connectivity index (χ0) is 14.4. The summed E-state index contributed by atoms with van der Waals surface area (Å²) in [5.74, 6) is 1.37. The molecule has 110 valence electrons. The molecule has 4 heteroatoms. The maximum absolute atomic E-state index is 5.70. The van der Waals surface area contributed by atoms with E-state index in [1.807, 2.05) is 0 Å². The van der Waals surface area contributed by atoms with E-state index >= 15 is 0 Å². The minimum atomic E-state index is 0.492. The van der Waals surface area contributed by atoms with Crippen LogP contribution in [0.4, 0.5) is 0 Å². The van der Waals surface area contributed by atoms with Crippen molar-refractivity contribution < 1.29 is 0 Å². The SMILES string of the molecule is CN=C(N)NCc1ccccc1CN1CCC(C)CC1. The van der Waals surface area contributed by atoms with Crippen LogP contribution in [0.15, 0.2) is 29.3 Å². The van der Waals surface area contributed by atoms with E-state index in [1.165, 1.54) is 37.1 Å². The first-order valence-corrected chi connectivity index (χ1v) is 7.44. The highest BCUT2D eigenvalue weighted by atomic mass is 15.1. The van der Waals surface area contributed by atoms with Crippen LogP contribution in [-0.4, -0.2) is 31.0 Å². The second-order valence-corrected chi connectivity index (χ2v) is 5.69. The molecule has 4 nitrogen and oxygen atoms in total. The molecule has 1 heterocycles. The molecule has 2 rings (SSSR count). The second kappa shape index (κ2) is 7.29. The van der Waals surface area contributed by atoms with Gasteiger partial charge < -0.3 is 11.1 Å². The van der Waals surface area contributed by atoms with Crippen molar-refractivity contribution in [2.75, 3.05) is 20.1 Å². The number of nitrogens with zero attached hydrogens (tertiary/aromatic N) is 2. The van der Waals surface area contributed by atoms with Gasteiger partial charge in [0.25, 0.3) is 0 Å². The minimum Gasteiger partial charge on any atom is -0.370 e. The lowest BCUT2D eigenvalue weighted by Gasteiger charge is -2.30. The zero-order valence-corrected chi connectivity index (χ0v) is 12.6. The lowest BCUT2D eigenvalue weighted by Crippen LogP contribution is -2.34. The third kappa shape index (κ3) is 4.23. The quantitative estimate of drug-likeness (QED) is 0.652. The third-order valence-electron chi connectivity index (χ3n) is 4.09. The Hall–Kier alpha value is -1.55. The van der Waals surface area contributed by atoms with Crippen molar-refractivity contribution in [3.05, 3.63) is 35.4 Å². The van der Waals surface area contributed by atoms with Gasteiger partial charge in [-0.3, -0.25) is 9.89 Å². The van der Waals surface area contributed by atoms with Gasteiger partial charge in [0.2, 0.25) is 0 Å². The van der Waals surface area contributed by atoms with Gasteiger partial charge in [-0.1, -0.05) is 31.2 Å². The Bertz CT molecular complexity index is 448. The Morgan fingerprint density at radius 1 is 1.30 bits per heavy atom. The maximum Gasteiger partial charge on any atom is 0.188 e. The fraction of sp³-hybridized carbons (Fsp3) is 0.562. The molecular weight excluding hydrogens is 248 g/mol. The lowest BCUT2D eigenvalue weighted by atomic mass is 9.98. The highest BCUT2D eigenvalue weighted by Crippen LogP contribution is 2.19. The molecule has 0 amide bonds. The van der Waals surface area contributed by atoms with Crippen LogP contribution in [0.3, 0.4) is 0 Å². The smallest absolute Gasteiger partial charge is 0.188 e. The van der Waals surface area contributed by atoms with Crippen LogP contribution in [0.5, 0.6) is 0 Å². The van der Waals surface area contributed by atoms with Crippen LogP contribution in [0.1, 0.15) is 30.9 Å². The van der Waals surface area contributed by atoms with Crippen molar-refractivity contribution in [1.29, 1.82) is 0 Å². The third-order valence-corrected chi connectivity index (χ3v) is 4.09. The first-order chi connectivity index (χ1) is 9.69. The minimum absolute atomic E-state index is 0.492. The number of hydrogen-bond acceptors (Lipinski definition) is 2. The molecule has 0 radical (unpaired) electrons. The summed E-state index contributed by atoms with van der Waals surface area (Å²) in [5.41, 5.74) is 8.39.